The second-order valence-corrected chi connectivity index (χ2v) is 6.19. The van der Waals surface area contributed by atoms with Crippen LogP contribution in [0, 0.1) is 5.92 Å². The molecule has 0 bridgehead atoms. The monoisotopic (exact) mass is 294 g/mol. The number of rotatable bonds is 4. The summed E-state index contributed by atoms with van der Waals surface area (Å²) in [5.74, 6) is 0.412. The van der Waals surface area contributed by atoms with Crippen molar-refractivity contribution in [2.24, 2.45) is 11.7 Å². The Kier molecular flexibility index (Phi) is 5.44. The normalized spacial score (nSPS) is 24.1. The van der Waals surface area contributed by atoms with Crippen molar-refractivity contribution in [2.75, 3.05) is 0 Å². The number of carbonyl (C=O) groups is 1. The second-order valence-electron chi connectivity index (χ2n) is 5.76. The van der Waals surface area contributed by atoms with Gasteiger partial charge < -0.3 is 11.1 Å². The largest absolute Gasteiger partial charge is 0.350 e. The molecule has 0 saturated heterocycles. The molecular weight excluding hydrogens is 272 g/mol. The highest BCUT2D eigenvalue weighted by Gasteiger charge is 2.24. The van der Waals surface area contributed by atoms with Gasteiger partial charge in [-0.15, -0.1) is 0 Å². The molecule has 1 amide bonds. The van der Waals surface area contributed by atoms with Crippen LogP contribution in [0.15, 0.2) is 24.3 Å². The van der Waals surface area contributed by atoms with Crippen molar-refractivity contribution >= 4 is 17.5 Å². The molecule has 0 spiro atoms. The molecule has 0 heterocycles. The number of benzene rings is 1. The average molecular weight is 295 g/mol. The molecule has 4 heteroatoms. The van der Waals surface area contributed by atoms with E-state index in [-0.39, 0.29) is 18.0 Å². The van der Waals surface area contributed by atoms with Crippen molar-refractivity contribution in [1.29, 1.82) is 0 Å². The van der Waals surface area contributed by atoms with Gasteiger partial charge in [0.25, 0.3) is 0 Å². The van der Waals surface area contributed by atoms with Gasteiger partial charge in [0.2, 0.25) is 5.91 Å². The fourth-order valence-electron chi connectivity index (χ4n) is 2.89. The molecule has 0 aliphatic heterocycles. The van der Waals surface area contributed by atoms with Gasteiger partial charge in [0.05, 0.1) is 6.04 Å². The summed E-state index contributed by atoms with van der Waals surface area (Å²) < 4.78 is 0. The predicted molar refractivity (Wildman–Crippen MR) is 82.6 cm³/mol. The van der Waals surface area contributed by atoms with Crippen molar-refractivity contribution in [3.63, 3.8) is 0 Å². The predicted octanol–water partition coefficient (Wildman–Crippen LogP) is 3.42. The van der Waals surface area contributed by atoms with Crippen LogP contribution in [0.2, 0.25) is 5.02 Å². The van der Waals surface area contributed by atoms with Gasteiger partial charge in [-0.1, -0.05) is 36.6 Å². The number of hydrogen-bond acceptors (Lipinski definition) is 2. The molecule has 20 heavy (non-hydrogen) atoms. The summed E-state index contributed by atoms with van der Waals surface area (Å²) in [6.07, 6.45) is 5.03. The number of nitrogens with one attached hydrogen (secondary N) is 1. The van der Waals surface area contributed by atoms with Crippen molar-refractivity contribution in [3.8, 4) is 0 Å². The van der Waals surface area contributed by atoms with Crippen molar-refractivity contribution in [3.05, 3.63) is 34.9 Å². The first kappa shape index (κ1) is 15.3. The Hall–Kier alpha value is -1.06. The maximum atomic E-state index is 12.1. The van der Waals surface area contributed by atoms with E-state index in [4.69, 9.17) is 17.3 Å². The zero-order valence-corrected chi connectivity index (χ0v) is 12.7. The van der Waals surface area contributed by atoms with Gasteiger partial charge >= 0.3 is 0 Å². The number of hydrogen-bond donors (Lipinski definition) is 2. The lowest BCUT2D eigenvalue weighted by molar-refractivity contribution is -0.123. The topological polar surface area (TPSA) is 55.1 Å². The summed E-state index contributed by atoms with van der Waals surface area (Å²) in [6, 6.07) is 7.75. The van der Waals surface area contributed by atoms with E-state index in [0.717, 1.165) is 18.4 Å². The summed E-state index contributed by atoms with van der Waals surface area (Å²) in [7, 11) is 0. The average Bonchev–Trinajstić information content (AvgIpc) is 2.41. The van der Waals surface area contributed by atoms with E-state index in [1.165, 1.54) is 12.8 Å². The third-order valence-corrected chi connectivity index (χ3v) is 4.38. The molecule has 1 aliphatic rings. The SMILES string of the molecule is C[C@@H](NC(=O)CC1CCCCC1N)c1cccc(Cl)c1. The molecule has 110 valence electrons. The van der Waals surface area contributed by atoms with E-state index in [1.54, 1.807) is 0 Å². The molecule has 0 radical (unpaired) electrons. The Morgan fingerprint density at radius 3 is 2.90 bits per heavy atom. The number of nitrogens with two attached hydrogens (primary N) is 1. The molecule has 3 N–H and O–H groups in total. The molecular formula is C16H23ClN2O. The number of carbonyl (C=O) groups excluding carboxylic acids is 1. The first-order valence-corrected chi connectivity index (χ1v) is 7.74. The van der Waals surface area contributed by atoms with Crippen LogP contribution < -0.4 is 11.1 Å². The molecule has 1 aromatic carbocycles. The molecule has 3 atom stereocenters. The third-order valence-electron chi connectivity index (χ3n) is 4.14. The van der Waals surface area contributed by atoms with Crippen LogP contribution in [0.5, 0.6) is 0 Å². The van der Waals surface area contributed by atoms with Gasteiger partial charge in [-0.3, -0.25) is 4.79 Å². The van der Waals surface area contributed by atoms with Gasteiger partial charge in [-0.2, -0.15) is 0 Å². The highest BCUT2D eigenvalue weighted by Crippen LogP contribution is 2.26. The molecule has 1 saturated carbocycles. The second kappa shape index (κ2) is 7.09. The third kappa shape index (κ3) is 4.22. The Balaban J connectivity index is 1.87. The van der Waals surface area contributed by atoms with Crippen molar-refractivity contribution in [1.82, 2.24) is 5.32 Å². The highest BCUT2D eigenvalue weighted by atomic mass is 35.5. The fraction of sp³-hybridized carbons (Fsp3) is 0.562. The standard InChI is InChI=1S/C16H23ClN2O/c1-11(12-6-4-7-14(17)9-12)19-16(20)10-13-5-2-3-8-15(13)18/h4,6-7,9,11,13,15H,2-3,5,8,10,18H2,1H3,(H,19,20)/t11-,13?,15?/m1/s1. The molecule has 1 aliphatic carbocycles. The van der Waals surface area contributed by atoms with Crippen LogP contribution in [0.1, 0.15) is 50.6 Å². The summed E-state index contributed by atoms with van der Waals surface area (Å²) in [5.41, 5.74) is 7.12. The van der Waals surface area contributed by atoms with Gasteiger partial charge in [0, 0.05) is 17.5 Å². The van der Waals surface area contributed by atoms with Crippen LogP contribution in [-0.2, 0) is 4.79 Å². The Labute approximate surface area is 125 Å². The van der Waals surface area contributed by atoms with E-state index in [1.807, 2.05) is 31.2 Å². The van der Waals surface area contributed by atoms with E-state index < -0.39 is 0 Å². The van der Waals surface area contributed by atoms with Crippen LogP contribution in [0.4, 0.5) is 0 Å². The summed E-state index contributed by atoms with van der Waals surface area (Å²) in [6.45, 7) is 1.98. The molecule has 2 rings (SSSR count). The molecule has 3 nitrogen and oxygen atoms in total. The van der Waals surface area contributed by atoms with Gasteiger partial charge in [0.1, 0.15) is 0 Å². The van der Waals surface area contributed by atoms with Gasteiger partial charge in [-0.25, -0.2) is 0 Å². The Bertz CT molecular complexity index is 464. The van der Waals surface area contributed by atoms with Gasteiger partial charge in [0.15, 0.2) is 0 Å². The van der Waals surface area contributed by atoms with Crippen molar-refractivity contribution < 1.29 is 4.79 Å². The van der Waals surface area contributed by atoms with Crippen LogP contribution in [-0.4, -0.2) is 11.9 Å². The van der Waals surface area contributed by atoms with Crippen LogP contribution >= 0.6 is 11.6 Å². The van der Waals surface area contributed by atoms with Crippen molar-refractivity contribution in [2.45, 2.75) is 51.1 Å². The Morgan fingerprint density at radius 1 is 1.45 bits per heavy atom. The van der Waals surface area contributed by atoms with Crippen LogP contribution in [0.25, 0.3) is 0 Å². The molecule has 1 aromatic rings. The lowest BCUT2D eigenvalue weighted by Gasteiger charge is -2.28. The Morgan fingerprint density at radius 2 is 2.20 bits per heavy atom. The van der Waals surface area contributed by atoms with E-state index in [0.29, 0.717) is 17.4 Å². The van der Waals surface area contributed by atoms with E-state index in [2.05, 4.69) is 5.32 Å². The van der Waals surface area contributed by atoms with Crippen LogP contribution in [0.3, 0.4) is 0 Å². The quantitative estimate of drug-likeness (QED) is 0.894. The number of halogens is 1. The minimum atomic E-state index is -0.0268. The zero-order chi connectivity index (χ0) is 14.5. The maximum absolute atomic E-state index is 12.1. The summed E-state index contributed by atoms with van der Waals surface area (Å²) in [4.78, 5) is 12.1. The minimum absolute atomic E-state index is 0.0268. The zero-order valence-electron chi connectivity index (χ0n) is 11.9. The lowest BCUT2D eigenvalue weighted by Crippen LogP contribution is -2.37. The fourth-order valence-corrected chi connectivity index (χ4v) is 3.09. The smallest absolute Gasteiger partial charge is 0.220 e. The number of amides is 1. The highest BCUT2D eigenvalue weighted by molar-refractivity contribution is 6.30. The van der Waals surface area contributed by atoms with E-state index in [9.17, 15) is 4.79 Å². The summed E-state index contributed by atoms with van der Waals surface area (Å²) in [5, 5.41) is 3.73. The first-order valence-electron chi connectivity index (χ1n) is 7.36. The molecule has 2 unspecified atom stereocenters. The minimum Gasteiger partial charge on any atom is -0.350 e. The lowest BCUT2D eigenvalue weighted by atomic mass is 9.83. The van der Waals surface area contributed by atoms with E-state index >= 15 is 0 Å². The van der Waals surface area contributed by atoms with Gasteiger partial charge in [-0.05, 0) is 43.4 Å². The summed E-state index contributed by atoms with van der Waals surface area (Å²) >= 11 is 5.97. The molecule has 0 aromatic heterocycles. The maximum Gasteiger partial charge on any atom is 0.220 e. The molecule has 1 fully saturated rings. The first-order chi connectivity index (χ1) is 9.56.